The third kappa shape index (κ3) is 4.87. The highest BCUT2D eigenvalue weighted by Gasteiger charge is 2.31. The van der Waals surface area contributed by atoms with Crippen molar-refractivity contribution in [3.63, 3.8) is 0 Å². The van der Waals surface area contributed by atoms with Gasteiger partial charge in [-0.3, -0.25) is 14.4 Å². The molecule has 0 saturated heterocycles. The summed E-state index contributed by atoms with van der Waals surface area (Å²) in [5.74, 6) is -1.08. The first-order valence-corrected chi connectivity index (χ1v) is 9.00. The molecule has 1 aliphatic heterocycles. The maximum Gasteiger partial charge on any atom is 0.389 e. The van der Waals surface area contributed by atoms with Gasteiger partial charge in [-0.25, -0.2) is 0 Å². The first-order valence-electron chi connectivity index (χ1n) is 9.00. The highest BCUT2D eigenvalue weighted by atomic mass is 19.4. The molecule has 0 radical (unpaired) electrons. The Morgan fingerprint density at radius 2 is 2.10 bits per heavy atom. The lowest BCUT2D eigenvalue weighted by molar-refractivity contribution is -0.149. The molecule has 0 spiro atoms. The SMILES string of the molecule is CN(Cc1ccoc1)C(=O)c1c2c(c[nH]c1=O)CN(C(=O)CCC(F)(F)F)CC2. The fraction of sp³-hybridized carbons (Fsp3) is 0.421. The second kappa shape index (κ2) is 8.14. The number of amides is 2. The van der Waals surface area contributed by atoms with Crippen LogP contribution in [0.2, 0.25) is 0 Å². The summed E-state index contributed by atoms with van der Waals surface area (Å²) in [6, 6.07) is 1.71. The highest BCUT2D eigenvalue weighted by molar-refractivity contribution is 5.95. The summed E-state index contributed by atoms with van der Waals surface area (Å²) in [4.78, 5) is 42.5. The Morgan fingerprint density at radius 3 is 2.76 bits per heavy atom. The molecule has 3 rings (SSSR count). The standard InChI is InChI=1S/C19H20F3N3O4/c1-24(9-12-4-7-29-11-12)18(28)16-14-3-6-25(10-13(14)8-23-17(16)27)15(26)2-5-19(20,21)22/h4,7-8,11H,2-3,5-6,9-10H2,1H3,(H,23,27). The Balaban J connectivity index is 1.77. The van der Waals surface area contributed by atoms with Gasteiger partial charge >= 0.3 is 6.18 Å². The lowest BCUT2D eigenvalue weighted by Crippen LogP contribution is -2.40. The topological polar surface area (TPSA) is 86.6 Å². The number of halogens is 3. The molecule has 0 aromatic carbocycles. The van der Waals surface area contributed by atoms with Gasteiger partial charge in [0.1, 0.15) is 5.56 Å². The Hall–Kier alpha value is -3.04. The molecule has 1 N–H and O–H groups in total. The van der Waals surface area contributed by atoms with Gasteiger partial charge in [-0.2, -0.15) is 13.2 Å². The number of hydrogen-bond acceptors (Lipinski definition) is 4. The van der Waals surface area contributed by atoms with Crippen LogP contribution in [0, 0.1) is 0 Å². The van der Waals surface area contributed by atoms with Crippen molar-refractivity contribution >= 4 is 11.8 Å². The van der Waals surface area contributed by atoms with E-state index in [9.17, 15) is 27.6 Å². The molecular formula is C19H20F3N3O4. The number of pyridine rings is 1. The van der Waals surface area contributed by atoms with Crippen molar-refractivity contribution in [1.29, 1.82) is 0 Å². The van der Waals surface area contributed by atoms with Gasteiger partial charge < -0.3 is 19.2 Å². The molecule has 2 aromatic heterocycles. The van der Waals surface area contributed by atoms with Crippen LogP contribution in [0.3, 0.4) is 0 Å². The monoisotopic (exact) mass is 411 g/mol. The third-order valence-corrected chi connectivity index (χ3v) is 4.82. The van der Waals surface area contributed by atoms with Gasteiger partial charge in [0.05, 0.1) is 18.9 Å². The van der Waals surface area contributed by atoms with Crippen LogP contribution in [0.25, 0.3) is 0 Å². The van der Waals surface area contributed by atoms with Crippen LogP contribution >= 0.6 is 0 Å². The van der Waals surface area contributed by atoms with Crippen molar-refractivity contribution in [3.8, 4) is 0 Å². The zero-order chi connectivity index (χ0) is 21.2. The van der Waals surface area contributed by atoms with Gasteiger partial charge in [0.2, 0.25) is 5.91 Å². The van der Waals surface area contributed by atoms with E-state index in [4.69, 9.17) is 4.42 Å². The normalized spacial score (nSPS) is 13.9. The van der Waals surface area contributed by atoms with Crippen LogP contribution in [0.1, 0.15) is 39.9 Å². The summed E-state index contributed by atoms with van der Waals surface area (Å²) < 4.78 is 42.1. The summed E-state index contributed by atoms with van der Waals surface area (Å²) in [5.41, 5.74) is 1.30. The molecule has 1 aliphatic rings. The van der Waals surface area contributed by atoms with E-state index in [0.29, 0.717) is 11.1 Å². The fourth-order valence-electron chi connectivity index (χ4n) is 3.33. The Bertz CT molecular complexity index is 951. The van der Waals surface area contributed by atoms with Crippen molar-refractivity contribution in [1.82, 2.24) is 14.8 Å². The largest absolute Gasteiger partial charge is 0.472 e. The minimum absolute atomic E-state index is 0.00381. The van der Waals surface area contributed by atoms with Crippen LogP contribution in [-0.4, -0.2) is 46.4 Å². The molecule has 0 bridgehead atoms. The number of H-pyrrole nitrogens is 1. The molecule has 0 aliphatic carbocycles. The Morgan fingerprint density at radius 1 is 1.34 bits per heavy atom. The highest BCUT2D eigenvalue weighted by Crippen LogP contribution is 2.25. The zero-order valence-electron chi connectivity index (χ0n) is 15.7. The predicted molar refractivity (Wildman–Crippen MR) is 96.0 cm³/mol. The molecule has 3 heterocycles. The van der Waals surface area contributed by atoms with Crippen LogP contribution in [0.5, 0.6) is 0 Å². The van der Waals surface area contributed by atoms with E-state index < -0.39 is 36.4 Å². The lowest BCUT2D eigenvalue weighted by atomic mass is 9.95. The summed E-state index contributed by atoms with van der Waals surface area (Å²) in [7, 11) is 1.56. The van der Waals surface area contributed by atoms with E-state index >= 15 is 0 Å². The van der Waals surface area contributed by atoms with Gasteiger partial charge in [0.25, 0.3) is 11.5 Å². The molecule has 0 fully saturated rings. The number of carbonyl (C=O) groups excluding carboxylic acids is 2. The van der Waals surface area contributed by atoms with Crippen molar-refractivity contribution < 1.29 is 27.2 Å². The number of alkyl halides is 3. The average Bonchev–Trinajstić information content (AvgIpc) is 3.17. The molecular weight excluding hydrogens is 391 g/mol. The van der Waals surface area contributed by atoms with Crippen LogP contribution in [0.15, 0.2) is 34.0 Å². The molecule has 0 atom stereocenters. The zero-order valence-corrected chi connectivity index (χ0v) is 15.7. The molecule has 29 heavy (non-hydrogen) atoms. The van der Waals surface area contributed by atoms with Gasteiger partial charge in [-0.05, 0) is 23.6 Å². The van der Waals surface area contributed by atoms with Crippen molar-refractivity contribution in [2.75, 3.05) is 13.6 Å². The quantitative estimate of drug-likeness (QED) is 0.819. The summed E-state index contributed by atoms with van der Waals surface area (Å²) in [6.07, 6.45) is -1.59. The minimum atomic E-state index is -4.40. The number of carbonyl (C=O) groups is 2. The van der Waals surface area contributed by atoms with Gasteiger partial charge in [-0.1, -0.05) is 0 Å². The molecule has 2 amide bonds. The lowest BCUT2D eigenvalue weighted by Gasteiger charge is -2.30. The summed E-state index contributed by atoms with van der Waals surface area (Å²) in [6.45, 7) is 0.452. The smallest absolute Gasteiger partial charge is 0.389 e. The molecule has 10 heteroatoms. The van der Waals surface area contributed by atoms with Gasteiger partial charge in [0.15, 0.2) is 0 Å². The predicted octanol–water partition coefficient (Wildman–Crippen LogP) is 2.47. The summed E-state index contributed by atoms with van der Waals surface area (Å²) in [5, 5.41) is 0. The Kier molecular flexibility index (Phi) is 5.81. The number of aromatic nitrogens is 1. The van der Waals surface area contributed by atoms with Gasteiger partial charge in [0, 0.05) is 44.9 Å². The van der Waals surface area contributed by atoms with Crippen molar-refractivity contribution in [3.05, 3.63) is 57.4 Å². The molecule has 2 aromatic rings. The van der Waals surface area contributed by atoms with E-state index in [1.165, 1.54) is 28.5 Å². The fourth-order valence-corrected chi connectivity index (χ4v) is 3.33. The van der Waals surface area contributed by atoms with E-state index in [1.807, 2.05) is 0 Å². The van der Waals surface area contributed by atoms with E-state index in [2.05, 4.69) is 4.98 Å². The van der Waals surface area contributed by atoms with Crippen LogP contribution in [0.4, 0.5) is 13.2 Å². The van der Waals surface area contributed by atoms with E-state index in [0.717, 1.165) is 5.56 Å². The van der Waals surface area contributed by atoms with Crippen LogP contribution < -0.4 is 5.56 Å². The van der Waals surface area contributed by atoms with Crippen molar-refractivity contribution in [2.24, 2.45) is 0 Å². The minimum Gasteiger partial charge on any atom is -0.472 e. The number of fused-ring (bicyclic) bond motifs is 1. The number of rotatable bonds is 5. The molecule has 0 saturated carbocycles. The van der Waals surface area contributed by atoms with Crippen molar-refractivity contribution in [2.45, 2.75) is 38.5 Å². The second-order valence-electron chi connectivity index (χ2n) is 6.97. The first-order chi connectivity index (χ1) is 13.7. The number of nitrogens with one attached hydrogen (secondary N) is 1. The number of hydrogen-bond donors (Lipinski definition) is 1. The van der Waals surface area contributed by atoms with E-state index in [1.54, 1.807) is 13.1 Å². The molecule has 7 nitrogen and oxygen atoms in total. The average molecular weight is 411 g/mol. The summed E-state index contributed by atoms with van der Waals surface area (Å²) >= 11 is 0. The van der Waals surface area contributed by atoms with Gasteiger partial charge in [-0.15, -0.1) is 0 Å². The third-order valence-electron chi connectivity index (χ3n) is 4.82. The number of nitrogens with zero attached hydrogens (tertiary/aromatic N) is 2. The molecule has 156 valence electrons. The number of furan rings is 1. The maximum absolute atomic E-state index is 12.9. The van der Waals surface area contributed by atoms with Crippen LogP contribution in [-0.2, 0) is 24.3 Å². The maximum atomic E-state index is 12.9. The Labute approximate surface area is 164 Å². The molecule has 0 unspecified atom stereocenters. The second-order valence-corrected chi connectivity index (χ2v) is 6.97. The first kappa shape index (κ1) is 20.7. The van der Waals surface area contributed by atoms with E-state index in [-0.39, 0.29) is 31.6 Å². The number of aromatic amines is 1.